The minimum absolute atomic E-state index is 0.180. The molecular weight excluding hydrogens is 254 g/mol. The van der Waals surface area contributed by atoms with E-state index in [2.05, 4.69) is 10.5 Å². The summed E-state index contributed by atoms with van der Waals surface area (Å²) in [4.78, 5) is 20.9. The number of carbonyl (C=O) groups is 1. The van der Waals surface area contributed by atoms with Crippen molar-refractivity contribution in [3.8, 4) is 5.75 Å². The zero-order valence-corrected chi connectivity index (χ0v) is 10.2. The largest absolute Gasteiger partial charge is 0.502 e. The summed E-state index contributed by atoms with van der Waals surface area (Å²) in [7, 11) is 1.48. The lowest BCUT2D eigenvalue weighted by molar-refractivity contribution is -0.385. The van der Waals surface area contributed by atoms with Crippen molar-refractivity contribution in [3.05, 3.63) is 33.9 Å². The number of nitro benzene ring substituents is 1. The lowest BCUT2D eigenvalue weighted by Gasteiger charge is -1.99. The quantitative estimate of drug-likeness (QED) is 0.449. The van der Waals surface area contributed by atoms with E-state index >= 15 is 0 Å². The summed E-state index contributed by atoms with van der Waals surface area (Å²) in [6.07, 6.45) is 1.45. The second-order valence-electron chi connectivity index (χ2n) is 3.54. The van der Waals surface area contributed by atoms with Crippen molar-refractivity contribution in [3.63, 3.8) is 0 Å². The molecule has 0 saturated carbocycles. The molecule has 0 aromatic heterocycles. The molecule has 1 aromatic carbocycles. The molecule has 0 fully saturated rings. The van der Waals surface area contributed by atoms with Gasteiger partial charge in [0.25, 0.3) is 0 Å². The maximum Gasteiger partial charge on any atom is 0.310 e. The second kappa shape index (κ2) is 7.07. The normalized spacial score (nSPS) is 10.6. The Hall–Kier alpha value is -2.48. The van der Waals surface area contributed by atoms with Crippen LogP contribution in [0.25, 0.3) is 0 Å². The van der Waals surface area contributed by atoms with Gasteiger partial charge in [-0.15, -0.1) is 0 Å². The second-order valence-corrected chi connectivity index (χ2v) is 3.54. The average Bonchev–Trinajstić information content (AvgIpc) is 2.36. The molecule has 2 N–H and O–H groups in total. The number of nitrogens with one attached hydrogen (secondary N) is 1. The molecule has 0 radical (unpaired) electrons. The number of ether oxygens (including phenoxy) is 1. The number of methoxy groups -OCH3 is 1. The summed E-state index contributed by atoms with van der Waals surface area (Å²) in [5, 5.41) is 23.5. The minimum atomic E-state index is -0.692. The van der Waals surface area contributed by atoms with Gasteiger partial charge in [-0.25, -0.2) is 5.43 Å². The van der Waals surface area contributed by atoms with Crippen LogP contribution in [0.3, 0.4) is 0 Å². The summed E-state index contributed by atoms with van der Waals surface area (Å²) in [5.41, 5.74) is 2.30. The van der Waals surface area contributed by atoms with Gasteiger partial charge in [0.15, 0.2) is 5.75 Å². The maximum absolute atomic E-state index is 11.2. The lowest BCUT2D eigenvalue weighted by atomic mass is 10.2. The molecule has 0 unspecified atom stereocenters. The number of phenolic OH excluding ortho intramolecular Hbond substituents is 1. The van der Waals surface area contributed by atoms with E-state index in [0.29, 0.717) is 12.2 Å². The predicted molar refractivity (Wildman–Crippen MR) is 67.0 cm³/mol. The van der Waals surface area contributed by atoms with Crippen molar-refractivity contribution in [2.75, 3.05) is 13.7 Å². The molecule has 0 bridgehead atoms. The third kappa shape index (κ3) is 4.72. The monoisotopic (exact) mass is 267 g/mol. The number of hydrogen-bond donors (Lipinski definition) is 2. The van der Waals surface area contributed by atoms with Crippen LogP contribution in [0.5, 0.6) is 5.75 Å². The first-order chi connectivity index (χ1) is 9.04. The van der Waals surface area contributed by atoms with Gasteiger partial charge in [-0.1, -0.05) is 0 Å². The number of benzene rings is 1. The van der Waals surface area contributed by atoms with E-state index in [4.69, 9.17) is 4.74 Å². The van der Waals surface area contributed by atoms with Crippen LogP contribution < -0.4 is 5.43 Å². The fourth-order valence-corrected chi connectivity index (χ4v) is 1.20. The number of nitro groups is 1. The first-order valence-corrected chi connectivity index (χ1v) is 5.33. The van der Waals surface area contributed by atoms with Crippen LogP contribution >= 0.6 is 0 Å². The van der Waals surface area contributed by atoms with E-state index in [0.717, 1.165) is 6.07 Å². The summed E-state index contributed by atoms with van der Waals surface area (Å²) >= 11 is 0. The lowest BCUT2D eigenvalue weighted by Crippen LogP contribution is -2.18. The first kappa shape index (κ1) is 14.6. The molecule has 8 heteroatoms. The molecule has 8 nitrogen and oxygen atoms in total. The highest BCUT2D eigenvalue weighted by Crippen LogP contribution is 2.25. The van der Waals surface area contributed by atoms with Crippen LogP contribution in [0.4, 0.5) is 5.69 Å². The third-order valence-electron chi connectivity index (χ3n) is 2.13. The number of hydrogen-bond acceptors (Lipinski definition) is 6. The molecule has 0 aliphatic heterocycles. The third-order valence-corrected chi connectivity index (χ3v) is 2.13. The summed E-state index contributed by atoms with van der Waals surface area (Å²) in [6, 6.07) is 3.75. The zero-order chi connectivity index (χ0) is 14.3. The molecule has 0 saturated heterocycles. The smallest absolute Gasteiger partial charge is 0.310 e. The van der Waals surface area contributed by atoms with E-state index in [1.54, 1.807) is 0 Å². The zero-order valence-electron chi connectivity index (χ0n) is 10.2. The molecule has 0 aliphatic carbocycles. The van der Waals surface area contributed by atoms with Gasteiger partial charge >= 0.3 is 5.69 Å². The van der Waals surface area contributed by atoms with Crippen molar-refractivity contribution >= 4 is 17.8 Å². The van der Waals surface area contributed by atoms with Gasteiger partial charge in [-0.2, -0.15) is 5.10 Å². The van der Waals surface area contributed by atoms with E-state index in [9.17, 15) is 20.0 Å². The number of nitrogens with zero attached hydrogens (tertiary/aromatic N) is 2. The number of aromatic hydroxyl groups is 1. The topological polar surface area (TPSA) is 114 Å². The van der Waals surface area contributed by atoms with Gasteiger partial charge in [0.05, 0.1) is 24.2 Å². The van der Waals surface area contributed by atoms with Gasteiger partial charge in [0, 0.05) is 13.2 Å². The Labute approximate surface area is 108 Å². The van der Waals surface area contributed by atoms with Crippen molar-refractivity contribution in [2.24, 2.45) is 5.10 Å². The van der Waals surface area contributed by atoms with Crippen LogP contribution in [0.2, 0.25) is 0 Å². The molecule has 0 spiro atoms. The van der Waals surface area contributed by atoms with Crippen LogP contribution in [-0.4, -0.2) is 35.9 Å². The van der Waals surface area contributed by atoms with Crippen molar-refractivity contribution in [1.29, 1.82) is 0 Å². The Morgan fingerprint density at radius 2 is 2.37 bits per heavy atom. The average molecular weight is 267 g/mol. The van der Waals surface area contributed by atoms with E-state index in [1.165, 1.54) is 25.5 Å². The van der Waals surface area contributed by atoms with Gasteiger partial charge in [-0.3, -0.25) is 14.9 Å². The van der Waals surface area contributed by atoms with E-state index in [-0.39, 0.29) is 18.0 Å². The summed E-state index contributed by atoms with van der Waals surface area (Å²) in [6.45, 7) is 0.291. The molecule has 1 aromatic rings. The number of rotatable bonds is 6. The highest BCUT2D eigenvalue weighted by atomic mass is 16.6. The SMILES string of the molecule is COCCC(=O)N/N=C/c1ccc([N+](=O)[O-])c(O)c1. The Bertz CT molecular complexity index is 501. The molecule has 0 heterocycles. The molecule has 19 heavy (non-hydrogen) atoms. The highest BCUT2D eigenvalue weighted by molar-refractivity contribution is 5.83. The fraction of sp³-hybridized carbons (Fsp3) is 0.273. The van der Waals surface area contributed by atoms with Crippen LogP contribution in [-0.2, 0) is 9.53 Å². The van der Waals surface area contributed by atoms with Crippen LogP contribution in [0, 0.1) is 10.1 Å². The molecule has 0 atom stereocenters. The predicted octanol–water partition coefficient (Wildman–Crippen LogP) is 0.787. The molecule has 1 rings (SSSR count). The number of hydrazone groups is 1. The maximum atomic E-state index is 11.2. The summed E-state index contributed by atoms with van der Waals surface area (Å²) in [5.74, 6) is -0.774. The van der Waals surface area contributed by atoms with Crippen molar-refractivity contribution in [1.82, 2.24) is 5.43 Å². The van der Waals surface area contributed by atoms with Gasteiger partial charge in [-0.05, 0) is 17.7 Å². The van der Waals surface area contributed by atoms with E-state index in [1.807, 2.05) is 0 Å². The molecule has 102 valence electrons. The Morgan fingerprint density at radius 3 is 2.95 bits per heavy atom. The van der Waals surface area contributed by atoms with Crippen molar-refractivity contribution < 1.29 is 19.6 Å². The Balaban J connectivity index is 2.60. The van der Waals surface area contributed by atoms with E-state index < -0.39 is 10.7 Å². The fourth-order valence-electron chi connectivity index (χ4n) is 1.20. The van der Waals surface area contributed by atoms with Crippen molar-refractivity contribution in [2.45, 2.75) is 6.42 Å². The minimum Gasteiger partial charge on any atom is -0.502 e. The number of amides is 1. The molecular formula is C11H13N3O5. The van der Waals surface area contributed by atoms with Gasteiger partial charge in [0.1, 0.15) is 0 Å². The first-order valence-electron chi connectivity index (χ1n) is 5.33. The highest BCUT2D eigenvalue weighted by Gasteiger charge is 2.12. The van der Waals surface area contributed by atoms with Gasteiger partial charge < -0.3 is 9.84 Å². The Kier molecular flexibility index (Phi) is 5.42. The van der Waals surface area contributed by atoms with Crippen LogP contribution in [0.15, 0.2) is 23.3 Å². The van der Waals surface area contributed by atoms with Crippen LogP contribution in [0.1, 0.15) is 12.0 Å². The summed E-state index contributed by atoms with van der Waals surface area (Å²) < 4.78 is 4.72. The Morgan fingerprint density at radius 1 is 1.63 bits per heavy atom. The molecule has 0 aliphatic rings. The number of phenols is 1. The van der Waals surface area contributed by atoms with Gasteiger partial charge in [0.2, 0.25) is 5.91 Å². The number of carbonyl (C=O) groups excluding carboxylic acids is 1. The standard InChI is InChI=1S/C11H13N3O5/c1-19-5-4-11(16)13-12-7-8-2-3-9(14(17)18)10(15)6-8/h2-3,6-7,15H,4-5H2,1H3,(H,13,16)/b12-7+. The molecule has 1 amide bonds.